The van der Waals surface area contributed by atoms with Gasteiger partial charge in [-0.05, 0) is 34.7 Å². The van der Waals surface area contributed by atoms with Crippen LogP contribution in [0, 0.1) is 3.77 Å². The van der Waals surface area contributed by atoms with Crippen LogP contribution in [0.25, 0.3) is 6.08 Å². The zero-order valence-electron chi connectivity index (χ0n) is 9.15. The van der Waals surface area contributed by atoms with Crippen molar-refractivity contribution in [1.82, 2.24) is 0 Å². The van der Waals surface area contributed by atoms with Gasteiger partial charge in [0.1, 0.15) is 11.3 Å². The molecule has 0 radical (unpaired) electrons. The van der Waals surface area contributed by atoms with Crippen LogP contribution in [0.4, 0.5) is 0 Å². The quantitative estimate of drug-likeness (QED) is 0.337. The molecular weight excluding hydrogens is 339 g/mol. The van der Waals surface area contributed by atoms with Gasteiger partial charge in [-0.25, -0.2) is 9.59 Å². The first-order valence-electron chi connectivity index (χ1n) is 4.81. The van der Waals surface area contributed by atoms with E-state index in [4.69, 9.17) is 13.9 Å². The zero-order chi connectivity index (χ0) is 12.6. The summed E-state index contributed by atoms with van der Waals surface area (Å²) in [4.78, 5) is 23.2. The Kier molecular flexibility index (Phi) is 2.98. The second-order valence-electron chi connectivity index (χ2n) is 3.88. The minimum Gasteiger partial charge on any atom is -0.451 e. The number of hydrogen-bond donors (Lipinski definition) is 0. The van der Waals surface area contributed by atoms with E-state index in [1.165, 1.54) is 19.9 Å². The van der Waals surface area contributed by atoms with Gasteiger partial charge in [-0.2, -0.15) is 0 Å². The van der Waals surface area contributed by atoms with Crippen molar-refractivity contribution in [3.8, 4) is 0 Å². The minimum absolute atomic E-state index is 0.171. The van der Waals surface area contributed by atoms with Gasteiger partial charge in [0.05, 0.1) is 0 Å². The van der Waals surface area contributed by atoms with E-state index in [1.807, 2.05) is 22.6 Å². The Morgan fingerprint density at radius 1 is 1.18 bits per heavy atom. The molecule has 2 heterocycles. The highest BCUT2D eigenvalue weighted by atomic mass is 127. The minimum atomic E-state index is -1.22. The lowest BCUT2D eigenvalue weighted by atomic mass is 10.2. The maximum Gasteiger partial charge on any atom is 0.348 e. The van der Waals surface area contributed by atoms with Crippen molar-refractivity contribution in [2.45, 2.75) is 19.6 Å². The third-order valence-electron chi connectivity index (χ3n) is 2.00. The van der Waals surface area contributed by atoms with Gasteiger partial charge in [-0.15, -0.1) is 0 Å². The van der Waals surface area contributed by atoms with Crippen LogP contribution in [-0.2, 0) is 19.1 Å². The molecule has 0 N–H and O–H groups in total. The number of carbonyl (C=O) groups is 2. The fourth-order valence-corrected chi connectivity index (χ4v) is 1.76. The van der Waals surface area contributed by atoms with Crippen molar-refractivity contribution in [3.05, 3.63) is 27.2 Å². The fourth-order valence-electron chi connectivity index (χ4n) is 1.33. The maximum absolute atomic E-state index is 11.6. The molecule has 90 valence electrons. The standard InChI is InChI=1S/C11H9IO5/c1-11(2)16-9(13)7(10(14)17-11)5-6-3-4-8(12)15-6/h3-5H,1-2H3. The number of furan rings is 1. The number of rotatable bonds is 1. The summed E-state index contributed by atoms with van der Waals surface area (Å²) in [6.07, 6.45) is 1.31. The van der Waals surface area contributed by atoms with Gasteiger partial charge >= 0.3 is 11.9 Å². The first-order valence-corrected chi connectivity index (χ1v) is 5.89. The molecule has 2 rings (SSSR count). The first-order chi connectivity index (χ1) is 7.87. The molecule has 5 nitrogen and oxygen atoms in total. The molecule has 0 unspecified atom stereocenters. The molecule has 0 saturated carbocycles. The maximum atomic E-state index is 11.6. The van der Waals surface area contributed by atoms with E-state index < -0.39 is 17.7 Å². The summed E-state index contributed by atoms with van der Waals surface area (Å²) >= 11 is 1.98. The van der Waals surface area contributed by atoms with E-state index in [0.717, 1.165) is 0 Å². The molecule has 1 aromatic heterocycles. The monoisotopic (exact) mass is 348 g/mol. The van der Waals surface area contributed by atoms with E-state index in [-0.39, 0.29) is 5.57 Å². The summed E-state index contributed by atoms with van der Waals surface area (Å²) < 4.78 is 15.8. The van der Waals surface area contributed by atoms with Crippen LogP contribution in [0.3, 0.4) is 0 Å². The second-order valence-corrected chi connectivity index (χ2v) is 4.94. The van der Waals surface area contributed by atoms with Crippen LogP contribution in [-0.4, -0.2) is 17.7 Å². The van der Waals surface area contributed by atoms with E-state index in [1.54, 1.807) is 12.1 Å². The van der Waals surface area contributed by atoms with Crippen LogP contribution in [0.2, 0.25) is 0 Å². The largest absolute Gasteiger partial charge is 0.451 e. The van der Waals surface area contributed by atoms with Crippen molar-refractivity contribution in [2.75, 3.05) is 0 Å². The van der Waals surface area contributed by atoms with Gasteiger partial charge in [-0.3, -0.25) is 0 Å². The molecule has 17 heavy (non-hydrogen) atoms. The summed E-state index contributed by atoms with van der Waals surface area (Å²) in [7, 11) is 0. The van der Waals surface area contributed by atoms with Crippen LogP contribution in [0.1, 0.15) is 19.6 Å². The van der Waals surface area contributed by atoms with Crippen LogP contribution in [0.5, 0.6) is 0 Å². The number of cyclic esters (lactones) is 2. The molecule has 0 aromatic carbocycles. The Bertz CT molecular complexity index is 490. The van der Waals surface area contributed by atoms with E-state index in [0.29, 0.717) is 9.53 Å². The molecule has 1 saturated heterocycles. The number of esters is 2. The Labute approximate surface area is 111 Å². The van der Waals surface area contributed by atoms with Crippen LogP contribution in [0.15, 0.2) is 22.1 Å². The molecule has 0 atom stereocenters. The van der Waals surface area contributed by atoms with Gasteiger partial charge in [0.15, 0.2) is 3.77 Å². The van der Waals surface area contributed by atoms with Crippen molar-refractivity contribution in [1.29, 1.82) is 0 Å². The number of ether oxygens (including phenoxy) is 2. The van der Waals surface area contributed by atoms with Crippen LogP contribution < -0.4 is 0 Å². The predicted molar refractivity (Wildman–Crippen MR) is 65.7 cm³/mol. The Balaban J connectivity index is 2.30. The van der Waals surface area contributed by atoms with Crippen molar-refractivity contribution >= 4 is 40.6 Å². The lowest BCUT2D eigenvalue weighted by molar-refractivity contribution is -0.222. The third-order valence-corrected chi connectivity index (χ3v) is 2.58. The highest BCUT2D eigenvalue weighted by Gasteiger charge is 2.39. The van der Waals surface area contributed by atoms with E-state index in [2.05, 4.69) is 0 Å². The molecule has 6 heteroatoms. The van der Waals surface area contributed by atoms with Crippen molar-refractivity contribution in [3.63, 3.8) is 0 Å². The highest BCUT2D eigenvalue weighted by molar-refractivity contribution is 14.1. The number of carbonyl (C=O) groups excluding carboxylic acids is 2. The highest BCUT2D eigenvalue weighted by Crippen LogP contribution is 2.24. The number of hydrogen-bond acceptors (Lipinski definition) is 5. The van der Waals surface area contributed by atoms with E-state index >= 15 is 0 Å². The van der Waals surface area contributed by atoms with Crippen LogP contribution >= 0.6 is 22.6 Å². The molecule has 0 aliphatic carbocycles. The molecule has 1 aromatic rings. The molecule has 0 spiro atoms. The summed E-state index contributed by atoms with van der Waals surface area (Å²) in [6.45, 7) is 2.99. The van der Waals surface area contributed by atoms with Gasteiger partial charge in [0.2, 0.25) is 0 Å². The first kappa shape index (κ1) is 12.2. The molecule has 0 amide bonds. The average molecular weight is 348 g/mol. The fraction of sp³-hybridized carbons (Fsp3) is 0.273. The summed E-state index contributed by atoms with van der Waals surface area (Å²) in [6, 6.07) is 3.37. The van der Waals surface area contributed by atoms with Gasteiger partial charge in [0, 0.05) is 19.9 Å². The second kappa shape index (κ2) is 4.17. The van der Waals surface area contributed by atoms with Gasteiger partial charge < -0.3 is 13.9 Å². The average Bonchev–Trinajstić information content (AvgIpc) is 2.56. The molecule has 1 aliphatic rings. The topological polar surface area (TPSA) is 65.7 Å². The molecule has 0 bridgehead atoms. The smallest absolute Gasteiger partial charge is 0.348 e. The van der Waals surface area contributed by atoms with Crippen molar-refractivity contribution < 1.29 is 23.5 Å². The Morgan fingerprint density at radius 3 is 2.24 bits per heavy atom. The lowest BCUT2D eigenvalue weighted by Crippen LogP contribution is -2.41. The predicted octanol–water partition coefficient (Wildman–Crippen LogP) is 2.10. The summed E-state index contributed by atoms with van der Waals surface area (Å²) in [5, 5.41) is 0. The van der Waals surface area contributed by atoms with Gasteiger partial charge in [-0.1, -0.05) is 0 Å². The summed E-state index contributed by atoms with van der Waals surface area (Å²) in [5.41, 5.74) is -0.171. The molecular formula is C11H9IO5. The molecule has 1 aliphatic heterocycles. The van der Waals surface area contributed by atoms with Crippen molar-refractivity contribution in [2.24, 2.45) is 0 Å². The van der Waals surface area contributed by atoms with Gasteiger partial charge in [0.25, 0.3) is 5.79 Å². The van der Waals surface area contributed by atoms with E-state index in [9.17, 15) is 9.59 Å². The normalized spacial score (nSPS) is 18.6. The zero-order valence-corrected chi connectivity index (χ0v) is 11.3. The Morgan fingerprint density at radius 2 is 1.76 bits per heavy atom. The lowest BCUT2D eigenvalue weighted by Gasteiger charge is -2.29. The molecule has 1 fully saturated rings. The number of halogens is 1. The third kappa shape index (κ3) is 2.68. The SMILES string of the molecule is CC1(C)OC(=O)C(=Cc2ccc(I)o2)C(=O)O1. The summed E-state index contributed by atoms with van der Waals surface area (Å²) in [5.74, 6) is -2.24. The Hall–Kier alpha value is -1.31.